The van der Waals surface area contributed by atoms with Crippen LogP contribution in [0, 0.1) is 0 Å². The molecule has 0 radical (unpaired) electrons. The second-order valence-electron chi connectivity index (χ2n) is 4.80. The lowest BCUT2D eigenvalue weighted by molar-refractivity contribution is 0.102. The smallest absolute Gasteiger partial charge is 0.257 e. The first-order valence-electron chi connectivity index (χ1n) is 6.85. The van der Waals surface area contributed by atoms with Crippen LogP contribution in [-0.4, -0.2) is 27.2 Å². The summed E-state index contributed by atoms with van der Waals surface area (Å²) in [6.07, 6.45) is 1.07. The zero-order valence-electron chi connectivity index (χ0n) is 12.7. The fraction of sp³-hybridized carbons (Fsp3) is 0.188. The molecule has 0 aromatic heterocycles. The molecule has 0 aliphatic carbocycles. The van der Waals surface area contributed by atoms with Crippen molar-refractivity contribution in [1.82, 2.24) is 0 Å². The summed E-state index contributed by atoms with van der Waals surface area (Å²) in [5.74, 6) is 0.0198. The summed E-state index contributed by atoms with van der Waals surface area (Å²) in [6.45, 7) is 2.29. The Labute approximate surface area is 140 Å². The summed E-state index contributed by atoms with van der Waals surface area (Å²) in [7, 11) is -3.43. The molecule has 0 bridgehead atoms. The van der Waals surface area contributed by atoms with E-state index in [4.69, 9.17) is 16.3 Å². The van der Waals surface area contributed by atoms with E-state index < -0.39 is 15.7 Å². The van der Waals surface area contributed by atoms with Gasteiger partial charge in [0, 0.05) is 6.26 Å². The summed E-state index contributed by atoms with van der Waals surface area (Å²) in [5.41, 5.74) is 0.570. The van der Waals surface area contributed by atoms with Gasteiger partial charge < -0.3 is 10.1 Å². The molecule has 0 heterocycles. The van der Waals surface area contributed by atoms with Crippen LogP contribution in [0.2, 0.25) is 5.02 Å². The van der Waals surface area contributed by atoms with Crippen LogP contribution >= 0.6 is 11.6 Å². The second-order valence-corrected chi connectivity index (χ2v) is 7.22. The molecule has 2 rings (SSSR count). The first kappa shape index (κ1) is 17.3. The maximum Gasteiger partial charge on any atom is 0.257 e. The van der Waals surface area contributed by atoms with Crippen molar-refractivity contribution in [2.75, 3.05) is 18.2 Å². The molecule has 0 aliphatic heterocycles. The van der Waals surface area contributed by atoms with Crippen molar-refractivity contribution in [3.8, 4) is 5.75 Å². The SMILES string of the molecule is CCOc1ccccc1NC(=O)c1cc(S(C)(=O)=O)ccc1Cl. The molecule has 1 N–H and O–H groups in total. The van der Waals surface area contributed by atoms with Gasteiger partial charge in [0.1, 0.15) is 5.75 Å². The molecule has 122 valence electrons. The Balaban J connectivity index is 2.35. The Morgan fingerprint density at radius 1 is 1.22 bits per heavy atom. The molecular formula is C16H16ClNO4S. The molecule has 0 atom stereocenters. The summed E-state index contributed by atoms with van der Waals surface area (Å²) in [6, 6.07) is 11.0. The first-order chi connectivity index (χ1) is 10.8. The number of amides is 1. The molecule has 2 aromatic carbocycles. The highest BCUT2D eigenvalue weighted by atomic mass is 35.5. The third-order valence-corrected chi connectivity index (χ3v) is 4.49. The summed E-state index contributed by atoms with van der Waals surface area (Å²) in [4.78, 5) is 12.5. The van der Waals surface area contributed by atoms with Crippen molar-refractivity contribution < 1.29 is 17.9 Å². The molecular weight excluding hydrogens is 338 g/mol. The van der Waals surface area contributed by atoms with Crippen molar-refractivity contribution in [3.05, 3.63) is 53.1 Å². The fourth-order valence-corrected chi connectivity index (χ4v) is 2.80. The number of hydrogen-bond donors (Lipinski definition) is 1. The van der Waals surface area contributed by atoms with Crippen molar-refractivity contribution in [3.63, 3.8) is 0 Å². The number of carbonyl (C=O) groups is 1. The topological polar surface area (TPSA) is 72.5 Å². The number of anilines is 1. The molecule has 0 fully saturated rings. The number of rotatable bonds is 5. The number of sulfone groups is 1. The van der Waals surface area contributed by atoms with E-state index in [1.807, 2.05) is 6.92 Å². The van der Waals surface area contributed by atoms with Crippen molar-refractivity contribution in [2.45, 2.75) is 11.8 Å². The monoisotopic (exact) mass is 353 g/mol. The molecule has 1 amide bonds. The van der Waals surface area contributed by atoms with E-state index in [2.05, 4.69) is 5.32 Å². The molecule has 7 heteroatoms. The third kappa shape index (κ3) is 4.24. The molecule has 2 aromatic rings. The fourth-order valence-electron chi connectivity index (χ4n) is 1.95. The van der Waals surface area contributed by atoms with E-state index in [0.29, 0.717) is 18.0 Å². The van der Waals surface area contributed by atoms with Gasteiger partial charge >= 0.3 is 0 Å². The van der Waals surface area contributed by atoms with E-state index in [-0.39, 0.29) is 15.5 Å². The average molecular weight is 354 g/mol. The van der Waals surface area contributed by atoms with Gasteiger partial charge in [-0.2, -0.15) is 0 Å². The Hall–Kier alpha value is -2.05. The van der Waals surface area contributed by atoms with Crippen LogP contribution in [0.15, 0.2) is 47.4 Å². The van der Waals surface area contributed by atoms with Gasteiger partial charge in [0.2, 0.25) is 0 Å². The molecule has 23 heavy (non-hydrogen) atoms. The largest absolute Gasteiger partial charge is 0.492 e. The number of nitrogens with one attached hydrogen (secondary N) is 1. The summed E-state index contributed by atoms with van der Waals surface area (Å²) in [5, 5.41) is 2.86. The van der Waals surface area contributed by atoms with Gasteiger partial charge in [-0.15, -0.1) is 0 Å². The van der Waals surface area contributed by atoms with Crippen LogP contribution in [-0.2, 0) is 9.84 Å². The number of benzene rings is 2. The lowest BCUT2D eigenvalue weighted by atomic mass is 10.2. The van der Waals surface area contributed by atoms with Crippen LogP contribution in [0.4, 0.5) is 5.69 Å². The summed E-state index contributed by atoms with van der Waals surface area (Å²) < 4.78 is 28.7. The van der Waals surface area contributed by atoms with E-state index in [1.165, 1.54) is 18.2 Å². The van der Waals surface area contributed by atoms with Gasteiger partial charge in [-0.25, -0.2) is 8.42 Å². The molecule has 0 aliphatic rings. The third-order valence-electron chi connectivity index (χ3n) is 3.05. The zero-order chi connectivity index (χ0) is 17.0. The Bertz CT molecular complexity index is 834. The minimum atomic E-state index is -3.43. The highest BCUT2D eigenvalue weighted by Gasteiger charge is 2.16. The molecule has 0 spiro atoms. The van der Waals surface area contributed by atoms with Gasteiger partial charge in [-0.3, -0.25) is 4.79 Å². The Kier molecular flexibility index (Phi) is 5.28. The number of carbonyl (C=O) groups excluding carboxylic acids is 1. The minimum Gasteiger partial charge on any atom is -0.492 e. The maximum absolute atomic E-state index is 12.4. The molecule has 0 unspecified atom stereocenters. The van der Waals surface area contributed by atoms with Crippen LogP contribution in [0.1, 0.15) is 17.3 Å². The molecule has 0 saturated heterocycles. The van der Waals surface area contributed by atoms with Crippen LogP contribution in [0.5, 0.6) is 5.75 Å². The highest BCUT2D eigenvalue weighted by Crippen LogP contribution is 2.26. The van der Waals surface area contributed by atoms with Gasteiger partial charge in [0.15, 0.2) is 9.84 Å². The van der Waals surface area contributed by atoms with Crippen molar-refractivity contribution in [2.24, 2.45) is 0 Å². The summed E-state index contributed by atoms with van der Waals surface area (Å²) >= 11 is 6.02. The van der Waals surface area contributed by atoms with Gasteiger partial charge in [-0.05, 0) is 37.3 Å². The maximum atomic E-state index is 12.4. The number of ether oxygens (including phenoxy) is 1. The van der Waals surface area contributed by atoms with Gasteiger partial charge in [0.25, 0.3) is 5.91 Å². The predicted octanol–water partition coefficient (Wildman–Crippen LogP) is 3.39. The van der Waals surface area contributed by atoms with E-state index in [9.17, 15) is 13.2 Å². The van der Waals surface area contributed by atoms with Gasteiger partial charge in [0.05, 0.1) is 27.8 Å². The number of para-hydroxylation sites is 2. The van der Waals surface area contributed by atoms with Gasteiger partial charge in [-0.1, -0.05) is 23.7 Å². The second kappa shape index (κ2) is 7.02. The average Bonchev–Trinajstić information content (AvgIpc) is 2.48. The molecule has 5 nitrogen and oxygen atoms in total. The standard InChI is InChI=1S/C16H16ClNO4S/c1-3-22-15-7-5-4-6-14(15)18-16(19)12-10-11(23(2,20)21)8-9-13(12)17/h4-10H,3H2,1-2H3,(H,18,19). The van der Waals surface area contributed by atoms with Crippen LogP contribution < -0.4 is 10.1 Å². The zero-order valence-corrected chi connectivity index (χ0v) is 14.2. The van der Waals surface area contributed by atoms with Crippen molar-refractivity contribution in [1.29, 1.82) is 0 Å². The Morgan fingerprint density at radius 3 is 2.57 bits per heavy atom. The first-order valence-corrected chi connectivity index (χ1v) is 9.12. The minimum absolute atomic E-state index is 0.0325. The Morgan fingerprint density at radius 2 is 1.91 bits per heavy atom. The van der Waals surface area contributed by atoms with Crippen molar-refractivity contribution >= 4 is 33.0 Å². The van der Waals surface area contributed by atoms with E-state index in [0.717, 1.165) is 6.26 Å². The highest BCUT2D eigenvalue weighted by molar-refractivity contribution is 7.90. The number of hydrogen-bond acceptors (Lipinski definition) is 4. The van der Waals surface area contributed by atoms with Crippen LogP contribution in [0.3, 0.4) is 0 Å². The van der Waals surface area contributed by atoms with E-state index in [1.54, 1.807) is 24.3 Å². The lowest BCUT2D eigenvalue weighted by Gasteiger charge is -2.12. The molecule has 0 saturated carbocycles. The number of halogens is 1. The van der Waals surface area contributed by atoms with E-state index >= 15 is 0 Å². The predicted molar refractivity (Wildman–Crippen MR) is 90.1 cm³/mol. The quantitative estimate of drug-likeness (QED) is 0.894. The normalized spacial score (nSPS) is 11.1. The lowest BCUT2D eigenvalue weighted by Crippen LogP contribution is -2.14. The van der Waals surface area contributed by atoms with Crippen LogP contribution in [0.25, 0.3) is 0 Å².